The zero-order valence-corrected chi connectivity index (χ0v) is 13.8. The van der Waals surface area contributed by atoms with Crippen LogP contribution in [0.5, 0.6) is 0 Å². The van der Waals surface area contributed by atoms with Crippen molar-refractivity contribution in [2.75, 3.05) is 6.61 Å². The van der Waals surface area contributed by atoms with Crippen LogP contribution in [0, 0.1) is 0 Å². The molecule has 3 heteroatoms. The monoisotopic (exact) mass is 314 g/mol. The predicted molar refractivity (Wildman–Crippen MR) is 92.5 cm³/mol. The summed E-state index contributed by atoms with van der Waals surface area (Å²) in [7, 11) is 0. The van der Waals surface area contributed by atoms with Crippen LogP contribution >= 0.6 is 0 Å². The second-order valence-corrected chi connectivity index (χ2v) is 6.02. The maximum absolute atomic E-state index is 11.7. The number of allylic oxidation sites excluding steroid dienone is 2. The average molecular weight is 314 g/mol. The minimum absolute atomic E-state index is 0.108. The Morgan fingerprint density at radius 2 is 1.74 bits per heavy atom. The SMILES string of the molecule is CCCCCCCOC1(C(=O)O)C=CC(c2ccccc2)C=C1. The van der Waals surface area contributed by atoms with Crippen molar-refractivity contribution >= 4 is 5.97 Å². The molecular weight excluding hydrogens is 288 g/mol. The summed E-state index contributed by atoms with van der Waals surface area (Å²) in [5.41, 5.74) is -0.158. The molecule has 0 saturated carbocycles. The highest BCUT2D eigenvalue weighted by molar-refractivity contribution is 5.83. The molecule has 0 unspecified atom stereocenters. The van der Waals surface area contributed by atoms with Gasteiger partial charge in [-0.1, -0.05) is 75.1 Å². The number of carboxylic acids is 1. The molecule has 0 aromatic heterocycles. The van der Waals surface area contributed by atoms with E-state index in [2.05, 4.69) is 6.92 Å². The third kappa shape index (κ3) is 4.80. The van der Waals surface area contributed by atoms with Gasteiger partial charge in [0, 0.05) is 12.5 Å². The highest BCUT2D eigenvalue weighted by atomic mass is 16.5. The lowest BCUT2D eigenvalue weighted by Gasteiger charge is -2.27. The molecule has 124 valence electrons. The maximum Gasteiger partial charge on any atom is 0.344 e. The van der Waals surface area contributed by atoms with Gasteiger partial charge in [0.15, 0.2) is 0 Å². The van der Waals surface area contributed by atoms with E-state index in [0.29, 0.717) is 6.61 Å². The summed E-state index contributed by atoms with van der Waals surface area (Å²) in [4.78, 5) is 11.7. The van der Waals surface area contributed by atoms with Crippen molar-refractivity contribution in [3.63, 3.8) is 0 Å². The first-order valence-corrected chi connectivity index (χ1v) is 8.49. The van der Waals surface area contributed by atoms with Crippen molar-refractivity contribution in [1.29, 1.82) is 0 Å². The molecule has 23 heavy (non-hydrogen) atoms. The topological polar surface area (TPSA) is 46.5 Å². The summed E-state index contributed by atoms with van der Waals surface area (Å²) < 4.78 is 5.72. The van der Waals surface area contributed by atoms with Gasteiger partial charge in [0.05, 0.1) is 0 Å². The van der Waals surface area contributed by atoms with Crippen molar-refractivity contribution in [3.05, 3.63) is 60.2 Å². The Morgan fingerprint density at radius 1 is 1.09 bits per heavy atom. The van der Waals surface area contributed by atoms with Gasteiger partial charge in [0.2, 0.25) is 5.60 Å². The quantitative estimate of drug-likeness (QED) is 0.530. The number of carboxylic acid groups (broad SMARTS) is 1. The van der Waals surface area contributed by atoms with E-state index in [4.69, 9.17) is 4.74 Å². The Kier molecular flexibility index (Phi) is 6.60. The van der Waals surface area contributed by atoms with Crippen molar-refractivity contribution in [3.8, 4) is 0 Å². The van der Waals surface area contributed by atoms with E-state index in [1.54, 1.807) is 12.2 Å². The lowest BCUT2D eigenvalue weighted by molar-refractivity contribution is -0.154. The van der Waals surface area contributed by atoms with Gasteiger partial charge in [0.25, 0.3) is 0 Å². The number of hydrogen-bond acceptors (Lipinski definition) is 2. The molecule has 0 spiro atoms. The van der Waals surface area contributed by atoms with Gasteiger partial charge in [-0.2, -0.15) is 0 Å². The average Bonchev–Trinajstić information content (AvgIpc) is 2.59. The second kappa shape index (κ2) is 8.68. The summed E-state index contributed by atoms with van der Waals surface area (Å²) in [6, 6.07) is 10.0. The van der Waals surface area contributed by atoms with Crippen LogP contribution in [0.2, 0.25) is 0 Å². The van der Waals surface area contributed by atoms with Gasteiger partial charge in [-0.15, -0.1) is 0 Å². The number of unbranched alkanes of at least 4 members (excludes halogenated alkanes) is 4. The molecule has 0 heterocycles. The fourth-order valence-electron chi connectivity index (χ4n) is 2.76. The molecule has 1 aliphatic carbocycles. The predicted octanol–water partition coefficient (Wildman–Crippen LogP) is 4.71. The minimum atomic E-state index is -1.31. The molecular formula is C20H26O3. The van der Waals surface area contributed by atoms with Gasteiger partial charge in [0.1, 0.15) is 0 Å². The lowest BCUT2D eigenvalue weighted by atomic mass is 9.88. The summed E-state index contributed by atoms with van der Waals surface area (Å²) in [5.74, 6) is -0.845. The number of hydrogen-bond donors (Lipinski definition) is 1. The first-order chi connectivity index (χ1) is 11.2. The largest absolute Gasteiger partial charge is 0.479 e. The smallest absolute Gasteiger partial charge is 0.344 e. The van der Waals surface area contributed by atoms with Crippen LogP contribution in [0.4, 0.5) is 0 Å². The third-order valence-electron chi connectivity index (χ3n) is 4.21. The van der Waals surface area contributed by atoms with Crippen LogP contribution in [-0.2, 0) is 9.53 Å². The van der Waals surface area contributed by atoms with E-state index < -0.39 is 11.6 Å². The summed E-state index contributed by atoms with van der Waals surface area (Å²) in [5, 5.41) is 9.56. The molecule has 0 aliphatic heterocycles. The zero-order valence-electron chi connectivity index (χ0n) is 13.8. The van der Waals surface area contributed by atoms with Crippen LogP contribution in [0.3, 0.4) is 0 Å². The standard InChI is InChI=1S/C20H26O3/c1-2-3-4-5-9-16-23-20(19(21)22)14-12-18(13-15-20)17-10-7-6-8-11-17/h6-8,10-15,18H,2-5,9,16H2,1H3,(H,21,22). The summed E-state index contributed by atoms with van der Waals surface area (Å²) >= 11 is 0. The number of rotatable bonds is 9. The van der Waals surface area contributed by atoms with Crippen LogP contribution < -0.4 is 0 Å². The molecule has 1 aromatic rings. The number of aliphatic carboxylic acids is 1. The Hall–Kier alpha value is -1.87. The molecule has 0 amide bonds. The Morgan fingerprint density at radius 3 is 2.35 bits per heavy atom. The van der Waals surface area contributed by atoms with Crippen molar-refractivity contribution in [2.45, 2.75) is 50.5 Å². The maximum atomic E-state index is 11.7. The molecule has 0 bridgehead atoms. The van der Waals surface area contributed by atoms with Crippen molar-refractivity contribution in [2.24, 2.45) is 0 Å². The van der Waals surface area contributed by atoms with Gasteiger partial charge in [-0.25, -0.2) is 4.79 Å². The van der Waals surface area contributed by atoms with Gasteiger partial charge < -0.3 is 9.84 Å². The fourth-order valence-corrected chi connectivity index (χ4v) is 2.76. The van der Waals surface area contributed by atoms with Crippen LogP contribution in [-0.4, -0.2) is 23.3 Å². The number of ether oxygens (including phenoxy) is 1. The highest BCUT2D eigenvalue weighted by Crippen LogP contribution is 2.29. The number of benzene rings is 1. The van der Waals surface area contributed by atoms with E-state index in [9.17, 15) is 9.90 Å². The second-order valence-electron chi connectivity index (χ2n) is 6.02. The molecule has 1 N–H and O–H groups in total. The van der Waals surface area contributed by atoms with E-state index >= 15 is 0 Å². The molecule has 0 saturated heterocycles. The molecule has 0 fully saturated rings. The van der Waals surface area contributed by atoms with E-state index in [-0.39, 0.29) is 5.92 Å². The van der Waals surface area contributed by atoms with Crippen molar-refractivity contribution < 1.29 is 14.6 Å². The Labute approximate surface area is 138 Å². The van der Waals surface area contributed by atoms with Crippen LogP contribution in [0.25, 0.3) is 0 Å². The van der Waals surface area contributed by atoms with Crippen LogP contribution in [0.1, 0.15) is 50.5 Å². The van der Waals surface area contributed by atoms with Crippen LogP contribution in [0.15, 0.2) is 54.6 Å². The van der Waals surface area contributed by atoms with E-state index in [0.717, 1.165) is 18.4 Å². The third-order valence-corrected chi connectivity index (χ3v) is 4.21. The minimum Gasteiger partial charge on any atom is -0.479 e. The first kappa shape index (κ1) is 17.5. The zero-order chi connectivity index (χ0) is 16.5. The highest BCUT2D eigenvalue weighted by Gasteiger charge is 2.36. The van der Waals surface area contributed by atoms with Gasteiger partial charge in [-0.3, -0.25) is 0 Å². The molecule has 1 aliphatic rings. The lowest BCUT2D eigenvalue weighted by Crippen LogP contribution is -2.39. The summed E-state index contributed by atoms with van der Waals surface area (Å²) in [6.45, 7) is 2.65. The fraction of sp³-hybridized carbons (Fsp3) is 0.450. The number of carbonyl (C=O) groups is 1. The molecule has 2 rings (SSSR count). The van der Waals surface area contributed by atoms with Gasteiger partial charge >= 0.3 is 5.97 Å². The van der Waals surface area contributed by atoms with Gasteiger partial charge in [-0.05, 0) is 24.1 Å². The summed E-state index contributed by atoms with van der Waals surface area (Å²) in [6.07, 6.45) is 12.8. The Bertz CT molecular complexity index is 531. The van der Waals surface area contributed by atoms with Crippen molar-refractivity contribution in [1.82, 2.24) is 0 Å². The molecule has 3 nitrogen and oxygen atoms in total. The first-order valence-electron chi connectivity index (χ1n) is 8.49. The van der Waals surface area contributed by atoms with E-state index in [1.165, 1.54) is 19.3 Å². The molecule has 0 radical (unpaired) electrons. The van der Waals surface area contributed by atoms with E-state index in [1.807, 2.05) is 42.5 Å². The normalized spacial score (nSPS) is 23.1. The molecule has 1 aromatic carbocycles. The molecule has 0 atom stereocenters. The Balaban J connectivity index is 1.93.